The molecule has 21 heavy (non-hydrogen) atoms. The molecule has 2 aromatic rings. The second-order valence-electron chi connectivity index (χ2n) is 4.96. The Morgan fingerprint density at radius 1 is 1.24 bits per heavy atom. The third-order valence-corrected chi connectivity index (χ3v) is 4.76. The minimum atomic E-state index is -4.30. The summed E-state index contributed by atoms with van der Waals surface area (Å²) in [6, 6.07) is 5.38. The molecule has 1 aliphatic heterocycles. The molecule has 2 N–H and O–H groups in total. The number of nitrogens with one attached hydrogen (secondary N) is 2. The molecule has 0 spiro atoms. The molecular weight excluding hydrogens is 299 g/mol. The summed E-state index contributed by atoms with van der Waals surface area (Å²) in [5.74, 6) is 0. The van der Waals surface area contributed by atoms with Crippen LogP contribution in [0.15, 0.2) is 24.3 Å². The van der Waals surface area contributed by atoms with E-state index in [1.165, 1.54) is 23.5 Å². The number of hydrazine groups is 1. The van der Waals surface area contributed by atoms with Crippen LogP contribution in [0.5, 0.6) is 0 Å². The summed E-state index contributed by atoms with van der Waals surface area (Å²) in [5.41, 5.74) is 7.26. The molecule has 0 aliphatic carbocycles. The van der Waals surface area contributed by atoms with Gasteiger partial charge >= 0.3 is 6.18 Å². The summed E-state index contributed by atoms with van der Waals surface area (Å²) in [7, 11) is 0. The van der Waals surface area contributed by atoms with Crippen molar-refractivity contribution >= 4 is 11.3 Å². The van der Waals surface area contributed by atoms with E-state index in [9.17, 15) is 13.2 Å². The summed E-state index contributed by atoms with van der Waals surface area (Å²) in [5, 5.41) is 0.755. The fraction of sp³-hybridized carbons (Fsp3) is 0.357. The lowest BCUT2D eigenvalue weighted by atomic mass is 10.1. The minimum Gasteiger partial charge on any atom is -0.257 e. The first kappa shape index (κ1) is 14.5. The average molecular weight is 313 g/mol. The van der Waals surface area contributed by atoms with Crippen LogP contribution in [0, 0.1) is 6.92 Å². The number of hydrogen-bond acceptors (Lipinski definition) is 4. The van der Waals surface area contributed by atoms with Gasteiger partial charge in [0.15, 0.2) is 0 Å². The summed E-state index contributed by atoms with van der Waals surface area (Å²) in [4.78, 5) is 5.62. The fourth-order valence-corrected chi connectivity index (χ4v) is 3.49. The zero-order valence-electron chi connectivity index (χ0n) is 11.3. The molecule has 1 aromatic heterocycles. The Bertz CT molecular complexity index is 628. The number of aryl methyl sites for hydroxylation is 1. The highest BCUT2D eigenvalue weighted by Gasteiger charge is 2.30. The first-order valence-corrected chi connectivity index (χ1v) is 7.40. The predicted octanol–water partition coefficient (Wildman–Crippen LogP) is 3.68. The van der Waals surface area contributed by atoms with Crippen LogP contribution < -0.4 is 10.9 Å². The maximum atomic E-state index is 12.6. The van der Waals surface area contributed by atoms with Gasteiger partial charge in [0.05, 0.1) is 17.3 Å². The number of benzene rings is 1. The normalized spacial score (nSPS) is 19.1. The monoisotopic (exact) mass is 313 g/mol. The van der Waals surface area contributed by atoms with Crippen LogP contribution in [-0.2, 0) is 6.18 Å². The molecule has 2 heterocycles. The highest BCUT2D eigenvalue weighted by atomic mass is 32.1. The maximum absolute atomic E-state index is 12.6. The largest absolute Gasteiger partial charge is 0.416 e. The number of rotatable bonds is 2. The molecule has 1 aromatic carbocycles. The van der Waals surface area contributed by atoms with E-state index < -0.39 is 11.7 Å². The molecule has 0 bridgehead atoms. The highest BCUT2D eigenvalue weighted by Crippen LogP contribution is 2.35. The van der Waals surface area contributed by atoms with Gasteiger partial charge in [0.25, 0.3) is 0 Å². The second kappa shape index (κ2) is 5.40. The SMILES string of the molecule is Cc1nc(-c2ccc(C(F)(F)F)cc2)sc1C1CCNN1. The molecule has 1 unspecified atom stereocenters. The number of halogens is 3. The molecule has 112 valence electrons. The van der Waals surface area contributed by atoms with Gasteiger partial charge in [-0.3, -0.25) is 5.43 Å². The lowest BCUT2D eigenvalue weighted by molar-refractivity contribution is -0.137. The van der Waals surface area contributed by atoms with Crippen molar-refractivity contribution in [3.05, 3.63) is 40.4 Å². The third-order valence-electron chi connectivity index (χ3n) is 3.44. The van der Waals surface area contributed by atoms with Crippen molar-refractivity contribution in [2.75, 3.05) is 6.54 Å². The first-order valence-electron chi connectivity index (χ1n) is 6.58. The van der Waals surface area contributed by atoms with E-state index in [1.807, 2.05) is 6.92 Å². The highest BCUT2D eigenvalue weighted by molar-refractivity contribution is 7.15. The van der Waals surface area contributed by atoms with Gasteiger partial charge < -0.3 is 0 Å². The van der Waals surface area contributed by atoms with Gasteiger partial charge in [-0.25, -0.2) is 10.4 Å². The van der Waals surface area contributed by atoms with Crippen molar-refractivity contribution in [1.29, 1.82) is 0 Å². The van der Waals surface area contributed by atoms with E-state index in [-0.39, 0.29) is 6.04 Å². The quantitative estimate of drug-likeness (QED) is 0.888. The van der Waals surface area contributed by atoms with Crippen LogP contribution in [0.25, 0.3) is 10.6 Å². The zero-order chi connectivity index (χ0) is 15.0. The van der Waals surface area contributed by atoms with Crippen molar-refractivity contribution in [3.63, 3.8) is 0 Å². The minimum absolute atomic E-state index is 0.227. The lowest BCUT2D eigenvalue weighted by Gasteiger charge is -2.07. The molecule has 7 heteroatoms. The van der Waals surface area contributed by atoms with Gasteiger partial charge in [-0.05, 0) is 25.5 Å². The number of nitrogens with zero attached hydrogens (tertiary/aromatic N) is 1. The van der Waals surface area contributed by atoms with E-state index in [1.54, 1.807) is 0 Å². The van der Waals surface area contributed by atoms with Crippen molar-refractivity contribution in [2.45, 2.75) is 25.6 Å². The van der Waals surface area contributed by atoms with Crippen molar-refractivity contribution in [1.82, 2.24) is 15.8 Å². The van der Waals surface area contributed by atoms with E-state index in [4.69, 9.17) is 0 Å². The Balaban J connectivity index is 1.88. The van der Waals surface area contributed by atoms with Crippen molar-refractivity contribution in [2.24, 2.45) is 0 Å². The van der Waals surface area contributed by atoms with Gasteiger partial charge in [-0.1, -0.05) is 12.1 Å². The standard InChI is InChI=1S/C14H14F3N3S/c1-8-12(11-6-7-18-20-11)21-13(19-8)9-2-4-10(5-3-9)14(15,16)17/h2-5,11,18,20H,6-7H2,1H3. The van der Waals surface area contributed by atoms with E-state index in [2.05, 4.69) is 15.8 Å². The van der Waals surface area contributed by atoms with E-state index in [0.29, 0.717) is 5.56 Å². The number of aromatic nitrogens is 1. The van der Waals surface area contributed by atoms with Crippen LogP contribution >= 0.6 is 11.3 Å². The van der Waals surface area contributed by atoms with Crippen molar-refractivity contribution < 1.29 is 13.2 Å². The Morgan fingerprint density at radius 2 is 1.95 bits per heavy atom. The Labute approximate surface area is 124 Å². The Morgan fingerprint density at radius 3 is 2.52 bits per heavy atom. The van der Waals surface area contributed by atoms with E-state index >= 15 is 0 Å². The van der Waals surface area contributed by atoms with Crippen LogP contribution in [-0.4, -0.2) is 11.5 Å². The first-order chi connectivity index (χ1) is 9.95. The number of alkyl halides is 3. The van der Waals surface area contributed by atoms with Gasteiger partial charge in [0.2, 0.25) is 0 Å². The molecule has 0 saturated carbocycles. The van der Waals surface area contributed by atoms with E-state index in [0.717, 1.165) is 40.7 Å². The smallest absolute Gasteiger partial charge is 0.257 e. The van der Waals surface area contributed by atoms with Crippen molar-refractivity contribution in [3.8, 4) is 10.6 Å². The Kier molecular flexibility index (Phi) is 3.73. The fourth-order valence-electron chi connectivity index (χ4n) is 2.34. The lowest BCUT2D eigenvalue weighted by Crippen LogP contribution is -2.24. The molecule has 1 fully saturated rings. The van der Waals surface area contributed by atoms with Gasteiger partial charge in [0.1, 0.15) is 5.01 Å². The van der Waals surface area contributed by atoms with Gasteiger partial charge in [0, 0.05) is 17.0 Å². The third kappa shape index (κ3) is 2.95. The molecule has 0 radical (unpaired) electrons. The summed E-state index contributed by atoms with van der Waals surface area (Å²) in [6.45, 7) is 2.83. The van der Waals surface area contributed by atoms with Crippen LogP contribution in [0.1, 0.15) is 28.6 Å². The second-order valence-corrected chi connectivity index (χ2v) is 5.99. The Hall–Kier alpha value is -1.44. The predicted molar refractivity (Wildman–Crippen MR) is 75.8 cm³/mol. The number of hydrogen-bond donors (Lipinski definition) is 2. The molecule has 1 aliphatic rings. The molecule has 1 saturated heterocycles. The maximum Gasteiger partial charge on any atom is 0.416 e. The molecule has 0 amide bonds. The molecular formula is C14H14F3N3S. The topological polar surface area (TPSA) is 37.0 Å². The molecule has 3 rings (SSSR count). The summed E-state index contributed by atoms with van der Waals surface area (Å²) in [6.07, 6.45) is -3.32. The summed E-state index contributed by atoms with van der Waals surface area (Å²) >= 11 is 1.53. The molecule has 1 atom stereocenters. The van der Waals surface area contributed by atoms with Crippen LogP contribution in [0.2, 0.25) is 0 Å². The molecule has 3 nitrogen and oxygen atoms in total. The summed E-state index contributed by atoms with van der Waals surface area (Å²) < 4.78 is 37.7. The number of thiazole rings is 1. The average Bonchev–Trinajstić information content (AvgIpc) is 3.07. The zero-order valence-corrected chi connectivity index (χ0v) is 12.1. The van der Waals surface area contributed by atoms with Gasteiger partial charge in [-0.2, -0.15) is 13.2 Å². The van der Waals surface area contributed by atoms with Crippen LogP contribution in [0.4, 0.5) is 13.2 Å². The van der Waals surface area contributed by atoms with Crippen LogP contribution in [0.3, 0.4) is 0 Å². The van der Waals surface area contributed by atoms with Gasteiger partial charge in [-0.15, -0.1) is 11.3 Å².